The van der Waals surface area contributed by atoms with E-state index in [9.17, 15) is 14.3 Å². The van der Waals surface area contributed by atoms with E-state index in [-0.39, 0.29) is 25.8 Å². The van der Waals surface area contributed by atoms with Crippen LogP contribution in [0.2, 0.25) is 0 Å². The molecule has 1 N–H and O–H groups in total. The highest BCUT2D eigenvalue weighted by Crippen LogP contribution is 2.43. The summed E-state index contributed by atoms with van der Waals surface area (Å²) < 4.78 is 34.7. The highest BCUT2D eigenvalue weighted by atomic mass is 31.2. The van der Waals surface area contributed by atoms with Gasteiger partial charge in [-0.25, -0.2) is 4.57 Å². The van der Waals surface area contributed by atoms with Crippen LogP contribution in [0, 0.1) is 0 Å². The minimum atomic E-state index is -4.27. The maximum absolute atomic E-state index is 12.6. The number of unbranched alkanes of at least 4 members (excludes halogenated alkanes) is 13. The Kier molecular flexibility index (Phi) is 30.2. The summed E-state index contributed by atoms with van der Waals surface area (Å²) in [6.07, 6.45) is 33.1. The third-order valence-corrected chi connectivity index (χ3v) is 8.37. The summed E-state index contributed by atoms with van der Waals surface area (Å²) in [7, 11) is 1.65. The zero-order valence-corrected chi connectivity index (χ0v) is 31.2. The second kappa shape index (κ2) is 31.0. The molecule has 0 bridgehead atoms. The van der Waals surface area contributed by atoms with E-state index in [0.29, 0.717) is 24.1 Å². The number of hydrogen-bond acceptors (Lipinski definition) is 6. The summed E-state index contributed by atoms with van der Waals surface area (Å²) >= 11 is 0. The van der Waals surface area contributed by atoms with Crippen LogP contribution in [0.5, 0.6) is 0 Å². The van der Waals surface area contributed by atoms with Crippen molar-refractivity contribution in [3.05, 3.63) is 36.5 Å². The third kappa shape index (κ3) is 34.1. The first-order valence-corrected chi connectivity index (χ1v) is 19.7. The Morgan fingerprint density at radius 2 is 1.20 bits per heavy atom. The Bertz CT molecular complexity index is 838. The standard InChI is InChI=1S/C37H70NO7P/c1-6-8-10-12-14-16-18-19-20-21-23-25-27-29-32-42-34-36(35-44-46(40,41)43-33-31-38(3,4)5)45-37(39)30-28-26-24-22-17-15-13-11-9-7-2/h10-13,16,18,36H,6-9,14-15,17,19-35H2,1-5H3/p+1/b12-10-,13-11-,18-16-. The van der Waals surface area contributed by atoms with Gasteiger partial charge in [0.1, 0.15) is 19.3 Å². The van der Waals surface area contributed by atoms with E-state index in [2.05, 4.69) is 50.3 Å². The maximum atomic E-state index is 12.6. The molecule has 0 spiro atoms. The van der Waals surface area contributed by atoms with Crippen LogP contribution in [0.15, 0.2) is 36.5 Å². The number of carbonyl (C=O) groups excluding carboxylic acids is 1. The van der Waals surface area contributed by atoms with Crippen LogP contribution in [0.4, 0.5) is 0 Å². The van der Waals surface area contributed by atoms with Gasteiger partial charge in [-0.15, -0.1) is 0 Å². The van der Waals surface area contributed by atoms with Crippen LogP contribution in [-0.4, -0.2) is 75.6 Å². The molecule has 0 rings (SSSR count). The number of rotatable bonds is 33. The molecule has 0 fully saturated rings. The zero-order valence-electron chi connectivity index (χ0n) is 30.3. The monoisotopic (exact) mass is 672 g/mol. The van der Waals surface area contributed by atoms with E-state index in [1.54, 1.807) is 0 Å². The highest BCUT2D eigenvalue weighted by molar-refractivity contribution is 7.47. The number of esters is 1. The molecule has 0 aliphatic rings. The van der Waals surface area contributed by atoms with Gasteiger partial charge in [0.15, 0.2) is 0 Å². The van der Waals surface area contributed by atoms with E-state index < -0.39 is 13.9 Å². The van der Waals surface area contributed by atoms with Crippen LogP contribution in [-0.2, 0) is 27.9 Å². The number of phosphoric ester groups is 1. The van der Waals surface area contributed by atoms with Gasteiger partial charge in [-0.3, -0.25) is 13.8 Å². The van der Waals surface area contributed by atoms with E-state index in [1.165, 1.54) is 51.4 Å². The van der Waals surface area contributed by atoms with Crippen molar-refractivity contribution in [3.8, 4) is 0 Å². The second-order valence-corrected chi connectivity index (χ2v) is 14.7. The zero-order chi connectivity index (χ0) is 34.2. The van der Waals surface area contributed by atoms with Crippen molar-refractivity contribution >= 4 is 13.8 Å². The van der Waals surface area contributed by atoms with Crippen molar-refractivity contribution in [1.29, 1.82) is 0 Å². The average Bonchev–Trinajstić information content (AvgIpc) is 2.99. The Morgan fingerprint density at radius 1 is 0.674 bits per heavy atom. The molecule has 270 valence electrons. The van der Waals surface area contributed by atoms with Crippen molar-refractivity contribution in [2.24, 2.45) is 0 Å². The van der Waals surface area contributed by atoms with Crippen LogP contribution >= 0.6 is 7.82 Å². The summed E-state index contributed by atoms with van der Waals surface area (Å²) in [5.41, 5.74) is 0. The first-order chi connectivity index (χ1) is 22.1. The summed E-state index contributed by atoms with van der Waals surface area (Å²) in [6, 6.07) is 0. The van der Waals surface area contributed by atoms with Crippen molar-refractivity contribution in [2.45, 2.75) is 142 Å². The lowest BCUT2D eigenvalue weighted by Crippen LogP contribution is -2.37. The fourth-order valence-corrected chi connectivity index (χ4v) is 5.27. The Morgan fingerprint density at radius 3 is 1.80 bits per heavy atom. The minimum Gasteiger partial charge on any atom is -0.457 e. The smallest absolute Gasteiger partial charge is 0.457 e. The third-order valence-electron chi connectivity index (χ3n) is 7.39. The first-order valence-electron chi connectivity index (χ1n) is 18.2. The predicted molar refractivity (Wildman–Crippen MR) is 192 cm³/mol. The summed E-state index contributed by atoms with van der Waals surface area (Å²) in [5, 5.41) is 0. The molecule has 0 saturated heterocycles. The van der Waals surface area contributed by atoms with Gasteiger partial charge in [0.25, 0.3) is 0 Å². The van der Waals surface area contributed by atoms with Gasteiger partial charge in [-0.1, -0.05) is 108 Å². The van der Waals surface area contributed by atoms with Gasteiger partial charge in [0, 0.05) is 13.0 Å². The molecule has 0 aromatic rings. The molecule has 0 aromatic heterocycles. The molecule has 0 saturated carbocycles. The molecule has 0 aliphatic carbocycles. The topological polar surface area (TPSA) is 91.3 Å². The minimum absolute atomic E-state index is 0.0840. The van der Waals surface area contributed by atoms with E-state index in [0.717, 1.165) is 64.2 Å². The lowest BCUT2D eigenvalue weighted by atomic mass is 10.1. The number of phosphoric acid groups is 1. The van der Waals surface area contributed by atoms with Crippen molar-refractivity contribution in [2.75, 3.05) is 54.1 Å². The normalized spacial score (nSPS) is 14.5. The molecule has 9 heteroatoms. The number of ether oxygens (including phenoxy) is 2. The molecule has 2 unspecified atom stereocenters. The Balaban J connectivity index is 4.34. The van der Waals surface area contributed by atoms with Crippen molar-refractivity contribution < 1.29 is 37.3 Å². The maximum Gasteiger partial charge on any atom is 0.472 e. The number of quaternary nitrogens is 1. The molecule has 46 heavy (non-hydrogen) atoms. The first kappa shape index (κ1) is 44.7. The van der Waals surface area contributed by atoms with Crippen molar-refractivity contribution in [3.63, 3.8) is 0 Å². The average molecular weight is 673 g/mol. The number of hydrogen-bond donors (Lipinski definition) is 1. The molecule has 0 radical (unpaired) electrons. The number of likely N-dealkylation sites (N-methyl/N-ethyl adjacent to an activating group) is 1. The van der Waals surface area contributed by atoms with Crippen LogP contribution in [0.25, 0.3) is 0 Å². The van der Waals surface area contributed by atoms with Crippen LogP contribution in [0.3, 0.4) is 0 Å². The van der Waals surface area contributed by atoms with E-state index in [4.69, 9.17) is 18.5 Å². The summed E-state index contributed by atoms with van der Waals surface area (Å²) in [6.45, 7) is 5.44. The second-order valence-electron chi connectivity index (χ2n) is 13.2. The molecule has 8 nitrogen and oxygen atoms in total. The highest BCUT2D eigenvalue weighted by Gasteiger charge is 2.26. The molecule has 0 aliphatic heterocycles. The van der Waals surface area contributed by atoms with E-state index >= 15 is 0 Å². The van der Waals surface area contributed by atoms with E-state index in [1.807, 2.05) is 21.1 Å². The number of allylic oxidation sites excluding steroid dienone is 6. The number of nitrogens with zero attached hydrogens (tertiary/aromatic N) is 1. The quantitative estimate of drug-likeness (QED) is 0.0244. The number of carbonyl (C=O) groups is 1. The molecule has 0 heterocycles. The Labute approximate surface area is 283 Å². The lowest BCUT2D eigenvalue weighted by Gasteiger charge is -2.24. The van der Waals surface area contributed by atoms with Crippen LogP contribution in [0.1, 0.15) is 136 Å². The van der Waals surface area contributed by atoms with Crippen molar-refractivity contribution in [1.82, 2.24) is 0 Å². The van der Waals surface area contributed by atoms with Gasteiger partial charge in [-0.2, -0.15) is 0 Å². The molecule has 2 atom stereocenters. The Hall–Kier alpha value is -1.28. The molecule has 0 aromatic carbocycles. The van der Waals surface area contributed by atoms with Gasteiger partial charge in [-0.05, 0) is 57.8 Å². The molecule has 0 amide bonds. The van der Waals surface area contributed by atoms with Gasteiger partial charge in [0.05, 0.1) is 34.4 Å². The SMILES string of the molecule is CCC/C=C\C/C=C\CCCCCCCCOCC(COP(=O)(O)OCC[N+](C)(C)C)OC(=O)CCCCCCC/C=C\CCC. The van der Waals surface area contributed by atoms with Crippen LogP contribution < -0.4 is 0 Å². The fourth-order valence-electron chi connectivity index (χ4n) is 4.53. The largest absolute Gasteiger partial charge is 0.472 e. The summed E-state index contributed by atoms with van der Waals surface area (Å²) in [5.74, 6) is -0.332. The summed E-state index contributed by atoms with van der Waals surface area (Å²) in [4.78, 5) is 22.7. The fraction of sp³-hybridized carbons (Fsp3) is 0.811. The predicted octanol–water partition coefficient (Wildman–Crippen LogP) is 9.87. The van der Waals surface area contributed by atoms with Gasteiger partial charge in [0.2, 0.25) is 0 Å². The molecular formula is C37H71NO7P+. The molecular weight excluding hydrogens is 601 g/mol. The van der Waals surface area contributed by atoms with Gasteiger partial charge >= 0.3 is 13.8 Å². The van der Waals surface area contributed by atoms with Gasteiger partial charge < -0.3 is 18.9 Å². The lowest BCUT2D eigenvalue weighted by molar-refractivity contribution is -0.870.